The molecule has 1 aromatic carbocycles. The normalized spacial score (nSPS) is 12.7. The highest BCUT2D eigenvalue weighted by molar-refractivity contribution is 6.31. The molecule has 90 valence electrons. The predicted octanol–water partition coefficient (Wildman–Crippen LogP) is 2.97. The van der Waals surface area contributed by atoms with Crippen molar-refractivity contribution in [3.05, 3.63) is 51.8 Å². The molecule has 0 saturated heterocycles. The summed E-state index contributed by atoms with van der Waals surface area (Å²) in [5.41, 5.74) is 8.06. The Morgan fingerprint density at radius 1 is 1.41 bits per heavy atom. The van der Waals surface area contributed by atoms with Crippen LogP contribution in [-0.4, -0.2) is 9.78 Å². The molecule has 2 rings (SSSR count). The first-order valence-corrected chi connectivity index (χ1v) is 6.01. The predicted molar refractivity (Wildman–Crippen MR) is 70.3 cm³/mol. The number of aromatic nitrogens is 2. The molecule has 0 amide bonds. The number of aryl methyl sites for hydroxylation is 1. The first-order valence-electron chi connectivity index (χ1n) is 5.25. The van der Waals surface area contributed by atoms with Gasteiger partial charge in [0.15, 0.2) is 0 Å². The van der Waals surface area contributed by atoms with Crippen molar-refractivity contribution < 1.29 is 0 Å². The van der Waals surface area contributed by atoms with E-state index in [9.17, 15) is 0 Å². The van der Waals surface area contributed by atoms with Crippen LogP contribution in [0, 0.1) is 0 Å². The maximum absolute atomic E-state index is 6.13. The van der Waals surface area contributed by atoms with E-state index in [1.165, 1.54) is 0 Å². The zero-order valence-corrected chi connectivity index (χ0v) is 10.9. The van der Waals surface area contributed by atoms with Gasteiger partial charge in [-0.3, -0.25) is 4.68 Å². The number of hydrogen-bond donors (Lipinski definition) is 1. The van der Waals surface area contributed by atoms with Crippen LogP contribution < -0.4 is 5.73 Å². The molecule has 2 aromatic rings. The molecule has 0 aliphatic carbocycles. The molecule has 0 saturated carbocycles. The molecule has 17 heavy (non-hydrogen) atoms. The summed E-state index contributed by atoms with van der Waals surface area (Å²) < 4.78 is 1.71. The van der Waals surface area contributed by atoms with Gasteiger partial charge in [-0.05, 0) is 24.1 Å². The smallest absolute Gasteiger partial charge is 0.0834 e. The van der Waals surface area contributed by atoms with E-state index in [0.29, 0.717) is 16.5 Å². The maximum atomic E-state index is 6.13. The highest BCUT2D eigenvalue weighted by Gasteiger charge is 2.15. The summed E-state index contributed by atoms with van der Waals surface area (Å²) in [6, 6.07) is 7.47. The van der Waals surface area contributed by atoms with Crippen molar-refractivity contribution in [2.24, 2.45) is 12.8 Å². The monoisotopic (exact) mass is 269 g/mol. The molecular weight excluding hydrogens is 257 g/mol. The highest BCUT2D eigenvalue weighted by atomic mass is 35.5. The zero-order chi connectivity index (χ0) is 12.4. The van der Waals surface area contributed by atoms with Gasteiger partial charge >= 0.3 is 0 Å². The molecule has 0 fully saturated rings. The molecule has 1 atom stereocenters. The third-order valence-corrected chi connectivity index (χ3v) is 3.16. The van der Waals surface area contributed by atoms with Gasteiger partial charge < -0.3 is 5.73 Å². The molecule has 1 aromatic heterocycles. The van der Waals surface area contributed by atoms with Crippen LogP contribution in [0.2, 0.25) is 10.0 Å². The second-order valence-electron chi connectivity index (χ2n) is 3.94. The first-order chi connectivity index (χ1) is 8.08. The van der Waals surface area contributed by atoms with Crippen LogP contribution in [0.15, 0.2) is 30.5 Å². The third kappa shape index (κ3) is 2.80. The minimum Gasteiger partial charge on any atom is -0.322 e. The lowest BCUT2D eigenvalue weighted by Gasteiger charge is -2.13. The van der Waals surface area contributed by atoms with Gasteiger partial charge in [-0.15, -0.1) is 0 Å². The third-order valence-electron chi connectivity index (χ3n) is 2.63. The highest BCUT2D eigenvalue weighted by Crippen LogP contribution is 2.24. The van der Waals surface area contributed by atoms with Crippen LogP contribution in [-0.2, 0) is 13.5 Å². The lowest BCUT2D eigenvalue weighted by atomic mass is 10.0. The molecule has 2 N–H and O–H groups in total. The van der Waals surface area contributed by atoms with Crippen molar-refractivity contribution in [3.63, 3.8) is 0 Å². The molecule has 0 bridgehead atoms. The van der Waals surface area contributed by atoms with E-state index in [1.54, 1.807) is 10.9 Å². The lowest BCUT2D eigenvalue weighted by molar-refractivity contribution is 0.617. The summed E-state index contributed by atoms with van der Waals surface area (Å²) in [7, 11) is 1.83. The summed E-state index contributed by atoms with van der Waals surface area (Å²) in [4.78, 5) is 0. The lowest BCUT2D eigenvalue weighted by Crippen LogP contribution is -2.17. The molecule has 0 aliphatic rings. The van der Waals surface area contributed by atoms with E-state index in [0.717, 1.165) is 11.3 Å². The summed E-state index contributed by atoms with van der Waals surface area (Å²) >= 11 is 12.0. The molecule has 3 nitrogen and oxygen atoms in total. The van der Waals surface area contributed by atoms with E-state index in [4.69, 9.17) is 28.9 Å². The Bertz CT molecular complexity index is 503. The van der Waals surface area contributed by atoms with Crippen molar-refractivity contribution in [1.82, 2.24) is 9.78 Å². The van der Waals surface area contributed by atoms with E-state index in [2.05, 4.69) is 5.10 Å². The van der Waals surface area contributed by atoms with Gasteiger partial charge in [-0.1, -0.05) is 35.3 Å². The largest absolute Gasteiger partial charge is 0.322 e. The van der Waals surface area contributed by atoms with E-state index in [1.807, 2.05) is 31.3 Å². The first kappa shape index (κ1) is 12.4. The SMILES string of the molecule is Cn1ncc(Cl)c1C(N)Cc1cccc(Cl)c1. The maximum Gasteiger partial charge on any atom is 0.0834 e. The van der Waals surface area contributed by atoms with Gasteiger partial charge in [0, 0.05) is 12.1 Å². The van der Waals surface area contributed by atoms with E-state index >= 15 is 0 Å². The molecule has 0 aliphatic heterocycles. The Morgan fingerprint density at radius 2 is 2.18 bits per heavy atom. The van der Waals surface area contributed by atoms with Gasteiger partial charge in [0.25, 0.3) is 0 Å². The van der Waals surface area contributed by atoms with Crippen molar-refractivity contribution in [2.75, 3.05) is 0 Å². The van der Waals surface area contributed by atoms with Crippen LogP contribution in [0.1, 0.15) is 17.3 Å². The number of rotatable bonds is 3. The van der Waals surface area contributed by atoms with Crippen molar-refractivity contribution in [1.29, 1.82) is 0 Å². The molecule has 0 radical (unpaired) electrons. The van der Waals surface area contributed by atoms with Crippen LogP contribution in [0.25, 0.3) is 0 Å². The number of benzene rings is 1. The standard InChI is InChI=1S/C12H13Cl2N3/c1-17-12(10(14)7-16-17)11(15)6-8-3-2-4-9(13)5-8/h2-5,7,11H,6,15H2,1H3. The fourth-order valence-corrected chi connectivity index (χ4v) is 2.37. The Morgan fingerprint density at radius 3 is 2.76 bits per heavy atom. The second kappa shape index (κ2) is 5.08. The van der Waals surface area contributed by atoms with Gasteiger partial charge in [0.2, 0.25) is 0 Å². The Labute approximate surface area is 110 Å². The van der Waals surface area contributed by atoms with Gasteiger partial charge in [-0.25, -0.2) is 0 Å². The van der Waals surface area contributed by atoms with E-state index < -0.39 is 0 Å². The molecule has 0 spiro atoms. The molecular formula is C12H13Cl2N3. The minimum atomic E-state index is -0.187. The Kier molecular flexibility index (Phi) is 3.72. The Hall–Kier alpha value is -1.03. The summed E-state index contributed by atoms with van der Waals surface area (Å²) in [5, 5.41) is 5.39. The van der Waals surface area contributed by atoms with Gasteiger partial charge in [-0.2, -0.15) is 5.10 Å². The van der Waals surface area contributed by atoms with E-state index in [-0.39, 0.29) is 6.04 Å². The fourth-order valence-electron chi connectivity index (χ4n) is 1.85. The van der Waals surface area contributed by atoms with Crippen LogP contribution >= 0.6 is 23.2 Å². The minimum absolute atomic E-state index is 0.187. The average molecular weight is 270 g/mol. The van der Waals surface area contributed by atoms with Crippen molar-refractivity contribution in [2.45, 2.75) is 12.5 Å². The number of hydrogen-bond acceptors (Lipinski definition) is 2. The van der Waals surface area contributed by atoms with Gasteiger partial charge in [0.1, 0.15) is 0 Å². The van der Waals surface area contributed by atoms with Crippen LogP contribution in [0.3, 0.4) is 0 Å². The molecule has 1 heterocycles. The number of nitrogens with two attached hydrogens (primary N) is 1. The second-order valence-corrected chi connectivity index (χ2v) is 4.79. The molecule has 1 unspecified atom stereocenters. The van der Waals surface area contributed by atoms with Crippen LogP contribution in [0.4, 0.5) is 0 Å². The van der Waals surface area contributed by atoms with Gasteiger partial charge in [0.05, 0.1) is 23.0 Å². The summed E-state index contributed by atoms with van der Waals surface area (Å²) in [6.07, 6.45) is 2.29. The quantitative estimate of drug-likeness (QED) is 0.931. The van der Waals surface area contributed by atoms with Crippen molar-refractivity contribution >= 4 is 23.2 Å². The molecule has 5 heteroatoms. The van der Waals surface area contributed by atoms with Crippen molar-refractivity contribution in [3.8, 4) is 0 Å². The average Bonchev–Trinajstić information content (AvgIpc) is 2.58. The van der Waals surface area contributed by atoms with Crippen LogP contribution in [0.5, 0.6) is 0 Å². The summed E-state index contributed by atoms with van der Waals surface area (Å²) in [6.45, 7) is 0. The Balaban J connectivity index is 2.20. The zero-order valence-electron chi connectivity index (χ0n) is 9.40. The summed E-state index contributed by atoms with van der Waals surface area (Å²) in [5.74, 6) is 0. The number of nitrogens with zero attached hydrogens (tertiary/aromatic N) is 2. The topological polar surface area (TPSA) is 43.8 Å². The number of halogens is 2. The fraction of sp³-hybridized carbons (Fsp3) is 0.250.